The summed E-state index contributed by atoms with van der Waals surface area (Å²) in [5.74, 6) is 0. The first-order valence-electron chi connectivity index (χ1n) is 18.8. The Hall–Kier alpha value is -6.94. The Morgan fingerprint density at radius 2 is 0.927 bits per heavy atom. The second-order valence-electron chi connectivity index (χ2n) is 14.5. The second-order valence-corrected chi connectivity index (χ2v) is 15.6. The predicted octanol–water partition coefficient (Wildman–Crippen LogP) is 14.7. The summed E-state index contributed by atoms with van der Waals surface area (Å²) in [5, 5.41) is 10.2. The fraction of sp³-hybridized carbons (Fsp3) is 0. The maximum atomic E-state index is 2.47. The number of thiophene rings is 1. The van der Waals surface area contributed by atoms with Gasteiger partial charge in [0.1, 0.15) is 0 Å². The zero-order valence-electron chi connectivity index (χ0n) is 29.8. The summed E-state index contributed by atoms with van der Waals surface area (Å²) in [6, 6.07) is 71.4. The van der Waals surface area contributed by atoms with Crippen LogP contribution in [0.1, 0.15) is 0 Å². The van der Waals surface area contributed by atoms with E-state index in [2.05, 4.69) is 203 Å². The summed E-state index contributed by atoms with van der Waals surface area (Å²) in [7, 11) is 0. The summed E-state index contributed by atoms with van der Waals surface area (Å²) < 4.78 is 7.54. The van der Waals surface area contributed by atoms with E-state index in [1.165, 1.54) is 102 Å². The maximum absolute atomic E-state index is 2.47. The monoisotopic (exact) mass is 716 g/mol. The zero-order valence-corrected chi connectivity index (χ0v) is 30.6. The van der Waals surface area contributed by atoms with Gasteiger partial charge in [0, 0.05) is 52.8 Å². The highest BCUT2D eigenvalue weighted by atomic mass is 32.1. The van der Waals surface area contributed by atoms with Crippen molar-refractivity contribution in [2.24, 2.45) is 0 Å². The van der Waals surface area contributed by atoms with E-state index in [-0.39, 0.29) is 0 Å². The molecule has 0 N–H and O–H groups in total. The molecule has 12 rings (SSSR count). The van der Waals surface area contributed by atoms with Gasteiger partial charge in [0.25, 0.3) is 0 Å². The van der Waals surface area contributed by atoms with E-state index in [0.717, 1.165) is 5.69 Å². The van der Waals surface area contributed by atoms with Gasteiger partial charge in [-0.25, -0.2) is 0 Å². The standard InChI is InChI=1S/C52H32N2S/c1-2-12-33(13-3-1)35-16-10-17-38(30-35)53-47-27-25-37(32-43(47)51-48(53)28-29-50-52(51)41-20-7-9-23-49(41)55-50)36-24-26-46-42(31-36)40-19-6-8-21-45(40)54(46)44-22-11-15-34-14-4-5-18-39(34)44/h1-32H. The summed E-state index contributed by atoms with van der Waals surface area (Å²) in [4.78, 5) is 0. The summed E-state index contributed by atoms with van der Waals surface area (Å²) >= 11 is 1.88. The van der Waals surface area contributed by atoms with Gasteiger partial charge in [-0.2, -0.15) is 0 Å². The molecule has 0 aliphatic heterocycles. The molecule has 9 aromatic carbocycles. The molecule has 0 bridgehead atoms. The van der Waals surface area contributed by atoms with Gasteiger partial charge in [-0.1, -0.05) is 127 Å². The van der Waals surface area contributed by atoms with Crippen LogP contribution in [0, 0.1) is 0 Å². The Morgan fingerprint density at radius 3 is 1.80 bits per heavy atom. The third-order valence-corrected chi connectivity index (χ3v) is 12.6. The van der Waals surface area contributed by atoms with Crippen LogP contribution in [0.2, 0.25) is 0 Å². The minimum absolute atomic E-state index is 1.16. The van der Waals surface area contributed by atoms with Crippen molar-refractivity contribution in [3.05, 3.63) is 194 Å². The maximum Gasteiger partial charge on any atom is 0.0548 e. The van der Waals surface area contributed by atoms with Crippen molar-refractivity contribution in [1.29, 1.82) is 0 Å². The van der Waals surface area contributed by atoms with Gasteiger partial charge in [0.2, 0.25) is 0 Å². The first-order chi connectivity index (χ1) is 27.3. The van der Waals surface area contributed by atoms with Crippen molar-refractivity contribution in [1.82, 2.24) is 9.13 Å². The molecule has 0 radical (unpaired) electrons. The molecular formula is C52H32N2S. The van der Waals surface area contributed by atoms with E-state index in [1.54, 1.807) is 0 Å². The number of hydrogen-bond donors (Lipinski definition) is 0. The third kappa shape index (κ3) is 4.54. The van der Waals surface area contributed by atoms with Crippen molar-refractivity contribution < 1.29 is 0 Å². The van der Waals surface area contributed by atoms with Gasteiger partial charge < -0.3 is 9.13 Å². The molecule has 0 aliphatic carbocycles. The third-order valence-electron chi connectivity index (χ3n) is 11.5. The lowest BCUT2D eigenvalue weighted by atomic mass is 9.99. The summed E-state index contributed by atoms with van der Waals surface area (Å²) in [5.41, 5.74) is 12.1. The van der Waals surface area contributed by atoms with Gasteiger partial charge in [-0.15, -0.1) is 11.3 Å². The molecule has 0 saturated carbocycles. The van der Waals surface area contributed by atoms with E-state index in [9.17, 15) is 0 Å². The van der Waals surface area contributed by atoms with Crippen LogP contribution in [0.25, 0.3) is 108 Å². The number of hydrogen-bond acceptors (Lipinski definition) is 1. The van der Waals surface area contributed by atoms with Gasteiger partial charge in [0.05, 0.1) is 27.8 Å². The van der Waals surface area contributed by atoms with Crippen LogP contribution in [0.4, 0.5) is 0 Å². The second kappa shape index (κ2) is 11.8. The molecule has 0 aliphatic rings. The zero-order chi connectivity index (χ0) is 36.0. The topological polar surface area (TPSA) is 9.86 Å². The van der Waals surface area contributed by atoms with E-state index in [0.29, 0.717) is 0 Å². The van der Waals surface area contributed by atoms with Crippen LogP contribution in [0.15, 0.2) is 194 Å². The van der Waals surface area contributed by atoms with Crippen LogP contribution < -0.4 is 0 Å². The molecule has 0 amide bonds. The minimum Gasteiger partial charge on any atom is -0.309 e. The normalized spacial score (nSPS) is 12.0. The molecule has 0 atom stereocenters. The minimum atomic E-state index is 1.16. The molecule has 0 fully saturated rings. The molecule has 2 nitrogen and oxygen atoms in total. The number of nitrogens with zero attached hydrogens (tertiary/aromatic N) is 2. The van der Waals surface area contributed by atoms with Crippen LogP contribution >= 0.6 is 11.3 Å². The number of rotatable bonds is 4. The lowest BCUT2D eigenvalue weighted by molar-refractivity contribution is 1.18. The quantitative estimate of drug-likeness (QED) is 0.172. The van der Waals surface area contributed by atoms with Gasteiger partial charge in [0.15, 0.2) is 0 Å². The Labute approximate surface area is 321 Å². The fourth-order valence-electron chi connectivity index (χ4n) is 9.05. The highest BCUT2D eigenvalue weighted by molar-refractivity contribution is 7.26. The molecule has 3 aromatic heterocycles. The van der Waals surface area contributed by atoms with Crippen molar-refractivity contribution in [2.45, 2.75) is 0 Å². The molecule has 3 heterocycles. The van der Waals surface area contributed by atoms with Crippen molar-refractivity contribution in [3.63, 3.8) is 0 Å². The Kier molecular flexibility index (Phi) is 6.54. The van der Waals surface area contributed by atoms with Crippen LogP contribution in [0.3, 0.4) is 0 Å². The molecule has 0 unspecified atom stereocenters. The van der Waals surface area contributed by atoms with E-state index < -0.39 is 0 Å². The van der Waals surface area contributed by atoms with Crippen LogP contribution in [-0.2, 0) is 0 Å². The summed E-state index contributed by atoms with van der Waals surface area (Å²) in [6.07, 6.45) is 0. The first-order valence-corrected chi connectivity index (χ1v) is 19.7. The molecule has 12 aromatic rings. The van der Waals surface area contributed by atoms with Crippen LogP contribution in [0.5, 0.6) is 0 Å². The molecule has 0 spiro atoms. The first kappa shape index (κ1) is 30.5. The highest BCUT2D eigenvalue weighted by Crippen LogP contribution is 2.45. The van der Waals surface area contributed by atoms with Crippen molar-refractivity contribution in [2.75, 3.05) is 0 Å². The van der Waals surface area contributed by atoms with Crippen molar-refractivity contribution in [3.8, 4) is 33.6 Å². The Balaban J connectivity index is 1.11. The SMILES string of the molecule is c1ccc(-c2cccc(-n3c4ccc(-c5ccc6c(c5)c5ccccc5n6-c5cccc6ccccc56)cc4c4c5c(ccc43)sc3ccccc35)c2)cc1. The summed E-state index contributed by atoms with van der Waals surface area (Å²) in [6.45, 7) is 0. The molecule has 3 heteroatoms. The van der Waals surface area contributed by atoms with Gasteiger partial charge in [-0.05, 0) is 94.4 Å². The largest absolute Gasteiger partial charge is 0.309 e. The number of fused-ring (bicyclic) bond motifs is 11. The fourth-order valence-corrected chi connectivity index (χ4v) is 10.2. The lowest BCUT2D eigenvalue weighted by Crippen LogP contribution is -1.95. The Morgan fingerprint density at radius 1 is 0.309 bits per heavy atom. The van der Waals surface area contributed by atoms with Crippen molar-refractivity contribution >= 4 is 85.9 Å². The van der Waals surface area contributed by atoms with E-state index in [1.807, 2.05) is 11.3 Å². The highest BCUT2D eigenvalue weighted by Gasteiger charge is 2.20. The molecular weight excluding hydrogens is 685 g/mol. The Bertz CT molecular complexity index is 3480. The molecule has 256 valence electrons. The predicted molar refractivity (Wildman–Crippen MR) is 236 cm³/mol. The average Bonchev–Trinajstić information content (AvgIpc) is 3.91. The number of aromatic nitrogens is 2. The molecule has 0 saturated heterocycles. The number of para-hydroxylation sites is 1. The van der Waals surface area contributed by atoms with Gasteiger partial charge in [-0.3, -0.25) is 0 Å². The van der Waals surface area contributed by atoms with Gasteiger partial charge >= 0.3 is 0 Å². The average molecular weight is 717 g/mol. The molecule has 55 heavy (non-hydrogen) atoms. The van der Waals surface area contributed by atoms with Crippen LogP contribution in [-0.4, -0.2) is 9.13 Å². The lowest BCUT2D eigenvalue weighted by Gasteiger charge is -2.12. The van der Waals surface area contributed by atoms with E-state index >= 15 is 0 Å². The van der Waals surface area contributed by atoms with E-state index in [4.69, 9.17) is 0 Å². The smallest absolute Gasteiger partial charge is 0.0548 e. The number of benzene rings is 9.